The maximum absolute atomic E-state index is 13.3. The van der Waals surface area contributed by atoms with Gasteiger partial charge in [-0.05, 0) is 18.2 Å². The standard InChI is InChI=1S/C14H13F3N6/c1-22-7-9(6-19-22)18-5-10-8-23(21-20-10)11-2-3-13(15)12(4-11)14(16)17/h2-4,6-8,14,18H,5H2,1H3. The number of nitrogens with one attached hydrogen (secondary N) is 1. The number of rotatable bonds is 5. The molecule has 3 rings (SSSR count). The van der Waals surface area contributed by atoms with Gasteiger partial charge in [0.05, 0.1) is 35.9 Å². The quantitative estimate of drug-likeness (QED) is 0.784. The van der Waals surface area contributed by atoms with Gasteiger partial charge in [-0.2, -0.15) is 5.10 Å². The molecule has 1 N–H and O–H groups in total. The third-order valence-corrected chi connectivity index (χ3v) is 3.20. The van der Waals surface area contributed by atoms with E-state index >= 15 is 0 Å². The topological polar surface area (TPSA) is 60.6 Å². The van der Waals surface area contributed by atoms with Crippen molar-refractivity contribution in [1.82, 2.24) is 24.8 Å². The second kappa shape index (κ2) is 6.11. The molecule has 2 heterocycles. The van der Waals surface area contributed by atoms with Gasteiger partial charge in [0.15, 0.2) is 0 Å². The summed E-state index contributed by atoms with van der Waals surface area (Å²) in [5, 5.41) is 15.0. The Morgan fingerprint density at radius 3 is 2.78 bits per heavy atom. The van der Waals surface area contributed by atoms with Gasteiger partial charge in [-0.15, -0.1) is 5.10 Å². The summed E-state index contributed by atoms with van der Waals surface area (Å²) in [7, 11) is 1.80. The lowest BCUT2D eigenvalue weighted by atomic mass is 10.2. The zero-order valence-electron chi connectivity index (χ0n) is 12.1. The van der Waals surface area contributed by atoms with Crippen molar-refractivity contribution in [3.8, 4) is 5.69 Å². The van der Waals surface area contributed by atoms with Crippen LogP contribution in [-0.4, -0.2) is 24.8 Å². The molecule has 23 heavy (non-hydrogen) atoms. The van der Waals surface area contributed by atoms with Crippen LogP contribution in [0.5, 0.6) is 0 Å². The molecule has 0 saturated heterocycles. The van der Waals surface area contributed by atoms with E-state index in [0.29, 0.717) is 17.9 Å². The highest BCUT2D eigenvalue weighted by molar-refractivity contribution is 5.39. The zero-order chi connectivity index (χ0) is 16.4. The van der Waals surface area contributed by atoms with E-state index in [1.807, 2.05) is 0 Å². The van der Waals surface area contributed by atoms with E-state index in [0.717, 1.165) is 17.8 Å². The molecule has 0 saturated carbocycles. The fourth-order valence-electron chi connectivity index (χ4n) is 2.05. The molecule has 0 radical (unpaired) electrons. The van der Waals surface area contributed by atoms with Crippen LogP contribution in [0, 0.1) is 5.82 Å². The largest absolute Gasteiger partial charge is 0.377 e. The van der Waals surface area contributed by atoms with E-state index < -0.39 is 17.8 Å². The van der Waals surface area contributed by atoms with Gasteiger partial charge in [0.1, 0.15) is 11.5 Å². The minimum absolute atomic E-state index is 0.321. The molecule has 9 heteroatoms. The summed E-state index contributed by atoms with van der Waals surface area (Å²) < 4.78 is 41.8. The van der Waals surface area contributed by atoms with Crippen molar-refractivity contribution >= 4 is 5.69 Å². The fraction of sp³-hybridized carbons (Fsp3) is 0.214. The predicted molar refractivity (Wildman–Crippen MR) is 76.8 cm³/mol. The molecule has 3 aromatic rings. The molecule has 0 aliphatic heterocycles. The van der Waals surface area contributed by atoms with Crippen LogP contribution in [0.15, 0.2) is 36.8 Å². The molecule has 120 valence electrons. The Morgan fingerprint density at radius 2 is 2.09 bits per heavy atom. The van der Waals surface area contributed by atoms with Gasteiger partial charge in [-0.1, -0.05) is 5.21 Å². The van der Waals surface area contributed by atoms with Crippen LogP contribution in [0.4, 0.5) is 18.9 Å². The van der Waals surface area contributed by atoms with Crippen molar-refractivity contribution in [3.05, 3.63) is 53.9 Å². The first-order chi connectivity index (χ1) is 11.0. The lowest BCUT2D eigenvalue weighted by Crippen LogP contribution is -1.99. The van der Waals surface area contributed by atoms with Crippen molar-refractivity contribution in [2.24, 2.45) is 7.05 Å². The number of hydrogen-bond donors (Lipinski definition) is 1. The number of halogens is 3. The number of benzene rings is 1. The summed E-state index contributed by atoms with van der Waals surface area (Å²) in [4.78, 5) is 0. The van der Waals surface area contributed by atoms with Crippen LogP contribution in [0.3, 0.4) is 0 Å². The van der Waals surface area contributed by atoms with E-state index in [9.17, 15) is 13.2 Å². The summed E-state index contributed by atoms with van der Waals surface area (Å²) in [6.45, 7) is 0.397. The third-order valence-electron chi connectivity index (χ3n) is 3.20. The molecule has 0 aliphatic carbocycles. The van der Waals surface area contributed by atoms with E-state index in [1.165, 1.54) is 10.7 Å². The smallest absolute Gasteiger partial charge is 0.266 e. The van der Waals surface area contributed by atoms with Gasteiger partial charge in [-0.3, -0.25) is 4.68 Å². The first-order valence-corrected chi connectivity index (χ1v) is 6.74. The molecular weight excluding hydrogens is 309 g/mol. The second-order valence-corrected chi connectivity index (χ2v) is 4.92. The number of hydrogen-bond acceptors (Lipinski definition) is 4. The predicted octanol–water partition coefficient (Wildman–Crippen LogP) is 2.69. The number of nitrogens with zero attached hydrogens (tertiary/aromatic N) is 5. The van der Waals surface area contributed by atoms with Crippen molar-refractivity contribution in [3.63, 3.8) is 0 Å². The SMILES string of the molecule is Cn1cc(NCc2cn(-c3ccc(F)c(C(F)F)c3)nn2)cn1. The van der Waals surface area contributed by atoms with Crippen molar-refractivity contribution in [2.45, 2.75) is 13.0 Å². The average Bonchev–Trinajstić information content (AvgIpc) is 3.14. The Labute approximate surface area is 129 Å². The normalized spacial score (nSPS) is 11.2. The van der Waals surface area contributed by atoms with Gasteiger partial charge in [-0.25, -0.2) is 17.9 Å². The maximum Gasteiger partial charge on any atom is 0.266 e. The summed E-state index contributed by atoms with van der Waals surface area (Å²) in [5.74, 6) is -0.942. The molecule has 0 unspecified atom stereocenters. The summed E-state index contributed by atoms with van der Waals surface area (Å²) in [6.07, 6.45) is 2.18. The summed E-state index contributed by atoms with van der Waals surface area (Å²) in [5.41, 5.74) is 1.09. The molecule has 2 aromatic heterocycles. The minimum atomic E-state index is -2.88. The van der Waals surface area contributed by atoms with Crippen LogP contribution < -0.4 is 5.32 Å². The maximum atomic E-state index is 13.3. The van der Waals surface area contributed by atoms with Gasteiger partial charge >= 0.3 is 0 Å². The van der Waals surface area contributed by atoms with E-state index in [4.69, 9.17) is 0 Å². The first-order valence-electron chi connectivity index (χ1n) is 6.74. The van der Waals surface area contributed by atoms with E-state index in [1.54, 1.807) is 30.3 Å². The van der Waals surface area contributed by atoms with Gasteiger partial charge in [0, 0.05) is 13.2 Å². The number of anilines is 1. The highest BCUT2D eigenvalue weighted by Gasteiger charge is 2.15. The van der Waals surface area contributed by atoms with Crippen LogP contribution in [-0.2, 0) is 13.6 Å². The van der Waals surface area contributed by atoms with Crippen molar-refractivity contribution in [2.75, 3.05) is 5.32 Å². The minimum Gasteiger partial charge on any atom is -0.377 e. The molecule has 0 spiro atoms. The second-order valence-electron chi connectivity index (χ2n) is 4.92. The highest BCUT2D eigenvalue weighted by Crippen LogP contribution is 2.24. The van der Waals surface area contributed by atoms with Crippen LogP contribution in [0.1, 0.15) is 17.7 Å². The number of aromatic nitrogens is 5. The molecule has 0 bridgehead atoms. The average molecular weight is 322 g/mol. The molecule has 0 amide bonds. The van der Waals surface area contributed by atoms with Crippen molar-refractivity contribution < 1.29 is 13.2 Å². The number of alkyl halides is 2. The number of aryl methyl sites for hydroxylation is 1. The summed E-state index contributed by atoms with van der Waals surface area (Å²) >= 11 is 0. The fourth-order valence-corrected chi connectivity index (χ4v) is 2.05. The molecule has 0 aliphatic rings. The van der Waals surface area contributed by atoms with E-state index in [2.05, 4.69) is 20.7 Å². The molecular formula is C14H13F3N6. The van der Waals surface area contributed by atoms with Crippen molar-refractivity contribution in [1.29, 1.82) is 0 Å². The monoisotopic (exact) mass is 322 g/mol. The zero-order valence-corrected chi connectivity index (χ0v) is 12.1. The molecule has 1 aromatic carbocycles. The van der Waals surface area contributed by atoms with Gasteiger partial charge < -0.3 is 5.32 Å². The third kappa shape index (κ3) is 3.33. The van der Waals surface area contributed by atoms with E-state index in [-0.39, 0.29) is 0 Å². The Balaban J connectivity index is 1.75. The Kier molecular flexibility index (Phi) is 4.00. The van der Waals surface area contributed by atoms with Crippen LogP contribution in [0.2, 0.25) is 0 Å². The Morgan fingerprint density at radius 1 is 1.26 bits per heavy atom. The lowest BCUT2D eigenvalue weighted by molar-refractivity contribution is 0.146. The molecule has 0 fully saturated rings. The lowest BCUT2D eigenvalue weighted by Gasteiger charge is -2.05. The van der Waals surface area contributed by atoms with Crippen LogP contribution >= 0.6 is 0 Å². The molecule has 6 nitrogen and oxygen atoms in total. The Bertz CT molecular complexity index is 810. The molecule has 0 atom stereocenters. The first kappa shape index (κ1) is 15.1. The highest BCUT2D eigenvalue weighted by atomic mass is 19.3. The van der Waals surface area contributed by atoms with Gasteiger partial charge in [0.2, 0.25) is 0 Å². The van der Waals surface area contributed by atoms with Crippen LogP contribution in [0.25, 0.3) is 5.69 Å². The summed E-state index contributed by atoms with van der Waals surface area (Å²) in [6, 6.07) is 3.42. The van der Waals surface area contributed by atoms with Gasteiger partial charge in [0.25, 0.3) is 6.43 Å². The Hall–Kier alpha value is -2.84.